The van der Waals surface area contributed by atoms with Crippen molar-refractivity contribution in [3.63, 3.8) is 0 Å². The highest BCUT2D eigenvalue weighted by Crippen LogP contribution is 2.38. The van der Waals surface area contributed by atoms with Crippen molar-refractivity contribution < 1.29 is 14.3 Å². The number of amides is 1. The summed E-state index contributed by atoms with van der Waals surface area (Å²) in [7, 11) is 3.21. The molecule has 1 amide bonds. The lowest BCUT2D eigenvalue weighted by molar-refractivity contribution is -0.133. The SMILES string of the molecule is COc1ccc(C2CCCN2C(=O)Cn2ncc3ccccc3c2=O)c(OC)c1. The molecule has 1 saturated heterocycles. The number of fused-ring (bicyclic) bond motifs is 1. The molecule has 0 bridgehead atoms. The number of carbonyl (C=O) groups excluding carboxylic acids is 1. The van der Waals surface area contributed by atoms with Crippen LogP contribution in [-0.4, -0.2) is 41.4 Å². The summed E-state index contributed by atoms with van der Waals surface area (Å²) < 4.78 is 12.0. The fourth-order valence-electron chi connectivity index (χ4n) is 3.94. The second-order valence-corrected chi connectivity index (χ2v) is 7.05. The van der Waals surface area contributed by atoms with E-state index in [0.717, 1.165) is 23.8 Å². The minimum Gasteiger partial charge on any atom is -0.497 e. The van der Waals surface area contributed by atoms with Crippen molar-refractivity contribution in [2.75, 3.05) is 20.8 Å². The summed E-state index contributed by atoms with van der Waals surface area (Å²) in [5.74, 6) is 1.26. The standard InChI is InChI=1S/C22H23N3O4/c1-28-16-9-10-18(20(12-16)29-2)19-8-5-11-24(19)21(26)14-25-22(27)17-7-4-3-6-15(17)13-23-25/h3-4,6-7,9-10,12-13,19H,5,8,11,14H2,1-2H3. The van der Waals surface area contributed by atoms with Crippen LogP contribution in [0.15, 0.2) is 53.5 Å². The fourth-order valence-corrected chi connectivity index (χ4v) is 3.94. The van der Waals surface area contributed by atoms with Crippen molar-refractivity contribution >= 4 is 16.7 Å². The summed E-state index contributed by atoms with van der Waals surface area (Å²) in [5.41, 5.74) is 0.687. The van der Waals surface area contributed by atoms with E-state index in [-0.39, 0.29) is 24.1 Å². The van der Waals surface area contributed by atoms with E-state index >= 15 is 0 Å². The van der Waals surface area contributed by atoms with Crippen LogP contribution in [-0.2, 0) is 11.3 Å². The summed E-state index contributed by atoms with van der Waals surface area (Å²) in [4.78, 5) is 27.6. The van der Waals surface area contributed by atoms with E-state index in [4.69, 9.17) is 9.47 Å². The first-order chi connectivity index (χ1) is 14.1. The van der Waals surface area contributed by atoms with Crippen LogP contribution < -0.4 is 15.0 Å². The van der Waals surface area contributed by atoms with Gasteiger partial charge in [0.2, 0.25) is 5.91 Å². The minimum atomic E-state index is -0.255. The molecule has 7 heteroatoms. The minimum absolute atomic E-state index is 0.0847. The Balaban J connectivity index is 1.61. The zero-order valence-electron chi connectivity index (χ0n) is 16.5. The van der Waals surface area contributed by atoms with Crippen LogP contribution in [0.2, 0.25) is 0 Å². The molecule has 7 nitrogen and oxygen atoms in total. The summed E-state index contributed by atoms with van der Waals surface area (Å²) in [6.45, 7) is 0.555. The van der Waals surface area contributed by atoms with Gasteiger partial charge in [-0.1, -0.05) is 18.2 Å². The van der Waals surface area contributed by atoms with Crippen LogP contribution in [0.4, 0.5) is 0 Å². The number of aromatic nitrogens is 2. The summed E-state index contributed by atoms with van der Waals surface area (Å²) in [6, 6.07) is 12.8. The number of hydrogen-bond acceptors (Lipinski definition) is 5. The molecule has 0 N–H and O–H groups in total. The quantitative estimate of drug-likeness (QED) is 0.666. The van der Waals surface area contributed by atoms with Crippen LogP contribution in [0.5, 0.6) is 11.5 Å². The van der Waals surface area contributed by atoms with Crippen LogP contribution in [0.25, 0.3) is 10.8 Å². The molecule has 2 aromatic carbocycles. The molecule has 150 valence electrons. The van der Waals surface area contributed by atoms with Crippen LogP contribution in [0.3, 0.4) is 0 Å². The van der Waals surface area contributed by atoms with E-state index in [1.807, 2.05) is 41.3 Å². The first-order valence-electron chi connectivity index (χ1n) is 9.58. The lowest BCUT2D eigenvalue weighted by atomic mass is 10.0. The molecule has 1 aliphatic rings. The molecule has 4 rings (SSSR count). The third-order valence-corrected chi connectivity index (χ3v) is 5.42. The van der Waals surface area contributed by atoms with Gasteiger partial charge in [0, 0.05) is 23.6 Å². The number of rotatable bonds is 5. The third-order valence-electron chi connectivity index (χ3n) is 5.42. The molecule has 1 atom stereocenters. The average molecular weight is 393 g/mol. The molecular weight excluding hydrogens is 370 g/mol. The van der Waals surface area contributed by atoms with Gasteiger partial charge < -0.3 is 14.4 Å². The second-order valence-electron chi connectivity index (χ2n) is 7.05. The molecule has 1 aromatic heterocycles. The van der Waals surface area contributed by atoms with Crippen molar-refractivity contribution in [3.05, 3.63) is 64.6 Å². The number of benzene rings is 2. The van der Waals surface area contributed by atoms with Crippen molar-refractivity contribution in [1.82, 2.24) is 14.7 Å². The molecule has 0 aliphatic carbocycles. The van der Waals surface area contributed by atoms with Gasteiger partial charge in [0.1, 0.15) is 18.0 Å². The highest BCUT2D eigenvalue weighted by molar-refractivity contribution is 5.81. The number of nitrogens with zero attached hydrogens (tertiary/aromatic N) is 3. The predicted molar refractivity (Wildman–Crippen MR) is 109 cm³/mol. The monoisotopic (exact) mass is 393 g/mol. The average Bonchev–Trinajstić information content (AvgIpc) is 3.25. The Bertz CT molecular complexity index is 1110. The van der Waals surface area contributed by atoms with Gasteiger partial charge in [-0.3, -0.25) is 9.59 Å². The topological polar surface area (TPSA) is 73.7 Å². The van der Waals surface area contributed by atoms with Gasteiger partial charge in [-0.05, 0) is 31.0 Å². The van der Waals surface area contributed by atoms with E-state index in [9.17, 15) is 9.59 Å². The Kier molecular flexibility index (Phi) is 5.20. The second kappa shape index (κ2) is 7.95. The van der Waals surface area contributed by atoms with E-state index in [1.165, 1.54) is 4.68 Å². The summed E-state index contributed by atoms with van der Waals surface area (Å²) in [5, 5.41) is 5.51. The van der Waals surface area contributed by atoms with Gasteiger partial charge in [0.15, 0.2) is 0 Å². The highest BCUT2D eigenvalue weighted by atomic mass is 16.5. The Morgan fingerprint density at radius 2 is 2.00 bits per heavy atom. The first kappa shape index (κ1) is 19.0. The molecule has 3 aromatic rings. The van der Waals surface area contributed by atoms with Gasteiger partial charge in [-0.2, -0.15) is 5.10 Å². The van der Waals surface area contributed by atoms with Crippen molar-refractivity contribution in [2.24, 2.45) is 0 Å². The Hall–Kier alpha value is -3.35. The van der Waals surface area contributed by atoms with Crippen LogP contribution in [0, 0.1) is 0 Å². The number of carbonyl (C=O) groups is 1. The predicted octanol–water partition coefficient (Wildman–Crippen LogP) is 2.78. The van der Waals surface area contributed by atoms with E-state index in [2.05, 4.69) is 5.10 Å². The lowest BCUT2D eigenvalue weighted by Crippen LogP contribution is -2.37. The largest absolute Gasteiger partial charge is 0.497 e. The van der Waals surface area contributed by atoms with E-state index in [0.29, 0.717) is 23.4 Å². The third kappa shape index (κ3) is 3.55. The maximum Gasteiger partial charge on any atom is 0.275 e. The van der Waals surface area contributed by atoms with Crippen molar-refractivity contribution in [3.8, 4) is 11.5 Å². The molecule has 1 aliphatic heterocycles. The van der Waals surface area contributed by atoms with Crippen molar-refractivity contribution in [2.45, 2.75) is 25.4 Å². The maximum atomic E-state index is 13.1. The molecule has 2 heterocycles. The van der Waals surface area contributed by atoms with E-state index < -0.39 is 0 Å². The number of methoxy groups -OCH3 is 2. The number of likely N-dealkylation sites (tertiary alicyclic amines) is 1. The lowest BCUT2D eigenvalue weighted by Gasteiger charge is -2.26. The summed E-state index contributed by atoms with van der Waals surface area (Å²) in [6.07, 6.45) is 3.36. The maximum absolute atomic E-state index is 13.1. The molecule has 1 unspecified atom stereocenters. The van der Waals surface area contributed by atoms with Gasteiger partial charge in [0.05, 0.1) is 31.8 Å². The number of hydrogen-bond donors (Lipinski definition) is 0. The van der Waals surface area contributed by atoms with Crippen LogP contribution >= 0.6 is 0 Å². The van der Waals surface area contributed by atoms with Gasteiger partial charge >= 0.3 is 0 Å². The highest BCUT2D eigenvalue weighted by Gasteiger charge is 2.32. The Labute approximate surface area is 168 Å². The summed E-state index contributed by atoms with van der Waals surface area (Å²) >= 11 is 0. The Morgan fingerprint density at radius 1 is 1.17 bits per heavy atom. The number of ether oxygens (including phenoxy) is 2. The zero-order chi connectivity index (χ0) is 20.4. The fraction of sp³-hybridized carbons (Fsp3) is 0.318. The van der Waals surface area contributed by atoms with Gasteiger partial charge in [-0.15, -0.1) is 0 Å². The normalized spacial score (nSPS) is 16.2. The van der Waals surface area contributed by atoms with Crippen molar-refractivity contribution in [1.29, 1.82) is 0 Å². The molecule has 0 radical (unpaired) electrons. The first-order valence-corrected chi connectivity index (χ1v) is 9.58. The Morgan fingerprint density at radius 3 is 2.79 bits per heavy atom. The molecule has 0 spiro atoms. The molecular formula is C22H23N3O4. The molecule has 0 saturated carbocycles. The van der Waals surface area contributed by atoms with Gasteiger partial charge in [0.25, 0.3) is 5.56 Å². The molecule has 1 fully saturated rings. The smallest absolute Gasteiger partial charge is 0.275 e. The van der Waals surface area contributed by atoms with Gasteiger partial charge in [-0.25, -0.2) is 4.68 Å². The zero-order valence-corrected chi connectivity index (χ0v) is 16.5. The van der Waals surface area contributed by atoms with E-state index in [1.54, 1.807) is 26.5 Å². The van der Waals surface area contributed by atoms with Crippen LogP contribution in [0.1, 0.15) is 24.4 Å². The molecule has 29 heavy (non-hydrogen) atoms.